The summed E-state index contributed by atoms with van der Waals surface area (Å²) in [5.41, 5.74) is 0. The maximum absolute atomic E-state index is 11.2. The maximum atomic E-state index is 11.2. The second-order valence-corrected chi connectivity index (χ2v) is 5.14. The first kappa shape index (κ1) is 10.6. The number of carbonyl (C=O) groups excluding carboxylic acids is 1. The summed E-state index contributed by atoms with van der Waals surface area (Å²) in [6, 6.07) is -0.524. The lowest BCUT2D eigenvalue weighted by molar-refractivity contribution is -0.120. The van der Waals surface area contributed by atoms with E-state index in [-0.39, 0.29) is 5.78 Å². The van der Waals surface area contributed by atoms with Crippen molar-refractivity contribution in [2.45, 2.75) is 13.0 Å². The molecule has 1 unspecified atom stereocenters. The van der Waals surface area contributed by atoms with Crippen LogP contribution in [-0.2, 0) is 14.8 Å². The average Bonchev–Trinajstić information content (AvgIpc) is 2.03. The second kappa shape index (κ2) is 3.73. The van der Waals surface area contributed by atoms with Gasteiger partial charge >= 0.3 is 0 Å². The van der Waals surface area contributed by atoms with Crippen molar-refractivity contribution in [1.82, 2.24) is 9.62 Å². The van der Waals surface area contributed by atoms with Crippen LogP contribution >= 0.6 is 0 Å². The second-order valence-electron chi connectivity index (χ2n) is 3.20. The summed E-state index contributed by atoms with van der Waals surface area (Å²) in [5.74, 6) is -0.113. The molecular formula is C7H14N2O3S. The summed E-state index contributed by atoms with van der Waals surface area (Å²) in [6.07, 6.45) is 1.13. The van der Waals surface area contributed by atoms with E-state index in [9.17, 15) is 13.2 Å². The lowest BCUT2D eigenvalue weighted by Gasteiger charge is -2.32. The summed E-state index contributed by atoms with van der Waals surface area (Å²) >= 11 is 0. The number of Topliss-reactive ketones (excluding diaryl/α,β-unsaturated/α-hetero) is 1. The first-order valence-electron chi connectivity index (χ1n) is 4.11. The van der Waals surface area contributed by atoms with E-state index in [0.717, 1.165) is 6.26 Å². The fourth-order valence-corrected chi connectivity index (χ4v) is 2.54. The smallest absolute Gasteiger partial charge is 0.211 e. The van der Waals surface area contributed by atoms with Crippen LogP contribution in [0, 0.1) is 0 Å². The van der Waals surface area contributed by atoms with E-state index in [2.05, 4.69) is 5.32 Å². The molecule has 0 aromatic heterocycles. The quantitative estimate of drug-likeness (QED) is 0.617. The monoisotopic (exact) mass is 206 g/mol. The maximum Gasteiger partial charge on any atom is 0.211 e. The number of carbonyl (C=O) groups is 1. The Morgan fingerprint density at radius 1 is 1.54 bits per heavy atom. The molecule has 0 aliphatic carbocycles. The molecule has 1 atom stereocenters. The molecule has 6 heteroatoms. The molecular weight excluding hydrogens is 192 g/mol. The van der Waals surface area contributed by atoms with Gasteiger partial charge in [-0.15, -0.1) is 0 Å². The van der Waals surface area contributed by atoms with Crippen molar-refractivity contribution < 1.29 is 13.2 Å². The number of nitrogens with zero attached hydrogens (tertiary/aromatic N) is 1. The Labute approximate surface area is 78.2 Å². The van der Waals surface area contributed by atoms with E-state index in [0.29, 0.717) is 19.6 Å². The molecule has 1 aliphatic heterocycles. The molecule has 0 radical (unpaired) electrons. The van der Waals surface area contributed by atoms with Crippen LogP contribution in [0.15, 0.2) is 0 Å². The average molecular weight is 206 g/mol. The van der Waals surface area contributed by atoms with Crippen molar-refractivity contribution in [1.29, 1.82) is 0 Å². The highest BCUT2D eigenvalue weighted by atomic mass is 32.2. The van der Waals surface area contributed by atoms with Crippen LogP contribution in [-0.4, -0.2) is 50.4 Å². The highest BCUT2D eigenvalue weighted by Crippen LogP contribution is 2.08. The number of nitrogens with one attached hydrogen (secondary N) is 1. The summed E-state index contributed by atoms with van der Waals surface area (Å²) in [5, 5.41) is 2.99. The molecule has 1 saturated heterocycles. The molecule has 0 amide bonds. The standard InChI is InChI=1S/C7H14N2O3S/c1-6(10)7-5-8-3-4-9(7)13(2,11)12/h7-8H,3-5H2,1-2H3. The third-order valence-electron chi connectivity index (χ3n) is 2.09. The first-order chi connectivity index (χ1) is 5.93. The van der Waals surface area contributed by atoms with Crippen molar-refractivity contribution in [2.24, 2.45) is 0 Å². The molecule has 1 heterocycles. The van der Waals surface area contributed by atoms with Gasteiger partial charge in [0.2, 0.25) is 10.0 Å². The molecule has 13 heavy (non-hydrogen) atoms. The highest BCUT2D eigenvalue weighted by molar-refractivity contribution is 7.88. The Morgan fingerprint density at radius 3 is 2.54 bits per heavy atom. The SMILES string of the molecule is CC(=O)C1CNCCN1S(C)(=O)=O. The van der Waals surface area contributed by atoms with Gasteiger partial charge in [-0.2, -0.15) is 4.31 Å². The van der Waals surface area contributed by atoms with Crippen molar-refractivity contribution >= 4 is 15.8 Å². The minimum atomic E-state index is -3.25. The largest absolute Gasteiger partial charge is 0.313 e. The fourth-order valence-electron chi connectivity index (χ4n) is 1.43. The zero-order valence-corrected chi connectivity index (χ0v) is 8.60. The predicted octanol–water partition coefficient (Wildman–Crippen LogP) is -1.19. The van der Waals surface area contributed by atoms with Gasteiger partial charge in [0.15, 0.2) is 0 Å². The Hall–Kier alpha value is -0.460. The predicted molar refractivity (Wildman–Crippen MR) is 48.9 cm³/mol. The molecule has 0 spiro atoms. The minimum absolute atomic E-state index is 0.113. The zero-order chi connectivity index (χ0) is 10.1. The highest BCUT2D eigenvalue weighted by Gasteiger charge is 2.31. The van der Waals surface area contributed by atoms with Crippen LogP contribution < -0.4 is 5.32 Å². The van der Waals surface area contributed by atoms with E-state index in [1.807, 2.05) is 0 Å². The van der Waals surface area contributed by atoms with E-state index in [1.54, 1.807) is 0 Å². The van der Waals surface area contributed by atoms with Gasteiger partial charge in [0, 0.05) is 19.6 Å². The van der Waals surface area contributed by atoms with Gasteiger partial charge in [-0.05, 0) is 6.92 Å². The van der Waals surface area contributed by atoms with Crippen LogP contribution in [0.5, 0.6) is 0 Å². The van der Waals surface area contributed by atoms with Gasteiger partial charge in [-0.3, -0.25) is 4.79 Å². The van der Waals surface area contributed by atoms with E-state index in [1.165, 1.54) is 11.2 Å². The summed E-state index contributed by atoms with van der Waals surface area (Å²) in [6.45, 7) is 2.82. The Bertz CT molecular complexity index is 299. The summed E-state index contributed by atoms with van der Waals surface area (Å²) in [7, 11) is -3.25. The molecule has 1 rings (SSSR count). The number of hydrogen-bond donors (Lipinski definition) is 1. The third kappa shape index (κ3) is 2.49. The zero-order valence-electron chi connectivity index (χ0n) is 7.78. The third-order valence-corrected chi connectivity index (χ3v) is 3.38. The fraction of sp³-hybridized carbons (Fsp3) is 0.857. The number of rotatable bonds is 2. The Morgan fingerprint density at radius 2 is 2.15 bits per heavy atom. The van der Waals surface area contributed by atoms with Crippen molar-refractivity contribution in [2.75, 3.05) is 25.9 Å². The number of piperazine rings is 1. The van der Waals surface area contributed by atoms with E-state index >= 15 is 0 Å². The van der Waals surface area contributed by atoms with Crippen molar-refractivity contribution in [3.63, 3.8) is 0 Å². The van der Waals surface area contributed by atoms with Gasteiger partial charge in [-0.1, -0.05) is 0 Å². The van der Waals surface area contributed by atoms with Crippen LogP contribution in [0.3, 0.4) is 0 Å². The van der Waals surface area contributed by atoms with Gasteiger partial charge < -0.3 is 5.32 Å². The lowest BCUT2D eigenvalue weighted by Crippen LogP contribution is -2.56. The van der Waals surface area contributed by atoms with Gasteiger partial charge in [0.25, 0.3) is 0 Å². The van der Waals surface area contributed by atoms with Crippen LogP contribution in [0.1, 0.15) is 6.92 Å². The van der Waals surface area contributed by atoms with E-state index in [4.69, 9.17) is 0 Å². The molecule has 1 aliphatic rings. The Kier molecular flexibility index (Phi) is 3.05. The van der Waals surface area contributed by atoms with Crippen LogP contribution in [0.4, 0.5) is 0 Å². The van der Waals surface area contributed by atoms with Crippen LogP contribution in [0.2, 0.25) is 0 Å². The first-order valence-corrected chi connectivity index (χ1v) is 5.96. The van der Waals surface area contributed by atoms with E-state index < -0.39 is 16.1 Å². The number of sulfonamides is 1. The molecule has 5 nitrogen and oxygen atoms in total. The molecule has 76 valence electrons. The van der Waals surface area contributed by atoms with Crippen molar-refractivity contribution in [3.8, 4) is 0 Å². The molecule has 0 saturated carbocycles. The summed E-state index contributed by atoms with van der Waals surface area (Å²) in [4.78, 5) is 11.1. The summed E-state index contributed by atoms with van der Waals surface area (Å²) < 4.78 is 23.7. The van der Waals surface area contributed by atoms with Gasteiger partial charge in [0.1, 0.15) is 5.78 Å². The van der Waals surface area contributed by atoms with Gasteiger partial charge in [-0.25, -0.2) is 8.42 Å². The topological polar surface area (TPSA) is 66.5 Å². The normalized spacial score (nSPS) is 25.8. The molecule has 0 aromatic rings. The molecule has 0 bridgehead atoms. The Balaban J connectivity index is 2.86. The van der Waals surface area contributed by atoms with Crippen molar-refractivity contribution in [3.05, 3.63) is 0 Å². The number of hydrogen-bond acceptors (Lipinski definition) is 4. The lowest BCUT2D eigenvalue weighted by atomic mass is 10.2. The van der Waals surface area contributed by atoms with Crippen LogP contribution in [0.25, 0.3) is 0 Å². The molecule has 1 fully saturated rings. The molecule has 0 aromatic carbocycles. The van der Waals surface area contributed by atoms with Gasteiger partial charge in [0.05, 0.1) is 12.3 Å². The minimum Gasteiger partial charge on any atom is -0.313 e. The molecule has 1 N–H and O–H groups in total. The number of ketones is 1.